The number of rotatable bonds is 18. The van der Waals surface area contributed by atoms with Crippen molar-refractivity contribution in [1.29, 1.82) is 0 Å². The van der Waals surface area contributed by atoms with Gasteiger partial charge in [-0.25, -0.2) is 33.1 Å². The third-order valence-corrected chi connectivity index (χ3v) is 27.7. The Hall–Kier alpha value is -15.8. The molecular weight excluding hydrogens is 2010 g/mol. The van der Waals surface area contributed by atoms with Gasteiger partial charge in [0.05, 0.1) is 83.9 Å². The monoisotopic (exact) mass is 2100 g/mol. The number of aromatic amines is 1. The molecule has 43 heteroatoms. The molecule has 0 spiro atoms. The van der Waals surface area contributed by atoms with Crippen molar-refractivity contribution < 1.29 is 139 Å². The minimum atomic E-state index is -5.02. The summed E-state index contributed by atoms with van der Waals surface area (Å²) < 4.78 is 324. The predicted octanol–water partition coefficient (Wildman–Crippen LogP) is 28.0. The number of alkyl halides is 18. The van der Waals surface area contributed by atoms with Gasteiger partial charge in [-0.15, -0.1) is 15.3 Å². The summed E-state index contributed by atoms with van der Waals surface area (Å²) in [4.78, 5) is 55.9. The van der Waals surface area contributed by atoms with Crippen molar-refractivity contribution in [3.05, 3.63) is 322 Å². The van der Waals surface area contributed by atoms with Crippen molar-refractivity contribution in [3.63, 3.8) is 0 Å². The molecule has 150 heavy (non-hydrogen) atoms. The Labute approximate surface area is 839 Å². The van der Waals surface area contributed by atoms with Gasteiger partial charge in [0, 0.05) is 51.9 Å². The Kier molecular flexibility index (Phi) is 27.6. The maximum absolute atomic E-state index is 15.8. The first-order valence-electron chi connectivity index (χ1n) is 46.7. The van der Waals surface area contributed by atoms with E-state index < -0.39 is 161 Å². The van der Waals surface area contributed by atoms with E-state index in [1.165, 1.54) is 79.2 Å². The Morgan fingerprint density at radius 3 is 1.17 bits per heavy atom. The first-order chi connectivity index (χ1) is 70.7. The summed E-state index contributed by atoms with van der Waals surface area (Å²) in [5.41, 5.74) is 14.7. The Morgan fingerprint density at radius 1 is 0.347 bits per heavy atom. The molecule has 23 nitrogen and oxygen atoms in total. The number of H-pyrrole nitrogens is 1. The van der Waals surface area contributed by atoms with Gasteiger partial charge in [-0.3, -0.25) is 14.7 Å². The molecule has 0 unspecified atom stereocenters. The number of carbonyl (C=O) groups excluding carboxylic acids is 3. The highest BCUT2D eigenvalue weighted by Gasteiger charge is 2.56. The second-order valence-electron chi connectivity index (χ2n) is 37.4. The number of aromatic nitrogens is 6. The number of hydrogen-bond donors (Lipinski definition) is 3. The molecule has 9 heterocycles. The summed E-state index contributed by atoms with van der Waals surface area (Å²) >= 11 is 0. The fourth-order valence-electron chi connectivity index (χ4n) is 21.0. The fraction of sp³-hybridized carbons (Fsp3) is 0.299. The van der Waals surface area contributed by atoms with E-state index in [0.29, 0.717) is 94.6 Å². The maximum atomic E-state index is 15.8. The van der Waals surface area contributed by atoms with E-state index in [0.717, 1.165) is 94.0 Å². The van der Waals surface area contributed by atoms with Crippen LogP contribution in [0.15, 0.2) is 206 Å². The van der Waals surface area contributed by atoms with Crippen LogP contribution in [0.5, 0.6) is 11.5 Å². The number of cyclic esters (lactones) is 3. The van der Waals surface area contributed by atoms with E-state index in [2.05, 4.69) is 36.7 Å². The molecule has 5 N–H and O–H groups in total. The van der Waals surface area contributed by atoms with E-state index in [1.54, 1.807) is 50.2 Å². The lowest BCUT2D eigenvalue weighted by atomic mass is 9.83. The molecule has 9 atom stereocenters. The van der Waals surface area contributed by atoms with Crippen LogP contribution in [0.4, 0.5) is 114 Å². The van der Waals surface area contributed by atoms with Gasteiger partial charge in [0.15, 0.2) is 0 Å². The summed E-state index contributed by atoms with van der Waals surface area (Å²) in [7, 11) is 2.58. The van der Waals surface area contributed by atoms with Crippen molar-refractivity contribution in [2.24, 2.45) is 0 Å². The van der Waals surface area contributed by atoms with Crippen LogP contribution in [0.3, 0.4) is 0 Å². The van der Waals surface area contributed by atoms with Crippen LogP contribution < -0.4 is 26.7 Å². The molecule has 0 aliphatic carbocycles. The molecule has 11 aromatic carbocycles. The van der Waals surface area contributed by atoms with Crippen molar-refractivity contribution in [3.8, 4) is 90.0 Å². The minimum absolute atomic E-state index is 0.00527. The van der Waals surface area contributed by atoms with Crippen LogP contribution in [0.2, 0.25) is 0 Å². The molecule has 6 aliphatic heterocycles. The smallest absolute Gasteiger partial charge is 0.434 e. The number of nitrogens with one attached hydrogen (secondary N) is 1. The molecule has 782 valence electrons. The molecule has 14 aromatic rings. The predicted molar refractivity (Wildman–Crippen MR) is 502 cm³/mol. The minimum Gasteiger partial charge on any atom is -0.496 e. The first-order valence-corrected chi connectivity index (χ1v) is 46.7. The number of fused-ring (bicyclic) bond motifs is 3. The fourth-order valence-corrected chi connectivity index (χ4v) is 21.0. The summed E-state index contributed by atoms with van der Waals surface area (Å²) in [6.45, 7) is 10.3. The summed E-state index contributed by atoms with van der Waals surface area (Å²) in [5, 5.41) is 21.1. The van der Waals surface area contributed by atoms with Crippen LogP contribution in [0, 0.1) is 53.2 Å². The standard InChI is InChI=1S/C37H29F7N4O4.C37H28F7N3O5.C33H30F6N4O3/c1-17-10-20(13-22(11-17)37(42,43)44)32-30-9-8-29(48(30)35(49)51-32)26-14-21(36(39,40)41)5-7-24(26)27-15-25(28(38)16-31(27)50-3)23-6-4-19(12-18(23)2)33-46-47-34(45)52-33;1-17-10-20(13-22(11-17)37(42,43)44)32-30-9-8-29(47(30)35(49)51-32)26-14-21(36(39,40)41)5-7-24(26)27-15-25(28(38)16-31(27)50-3)23-6-4-19(12-18(23)2)33-45-46-34(48)52-33;1-17-6-10-23(24-13-19(8-7-18(24)2)9-11-28-41-42-30(40)45-28)25(12-17)26-4-3-5-27-29(46-31(44)43(26)27)20-14-21(32(34,35)36)16-22(15-20)33(37,38)39/h4-7,10-16,29-30,32H,8-9H2,1-3H3,(H2,45,47);4-7,10-16,29-30,32H,8-9H2,1-3H3,(H,46,48);6-8,10,12-16,26-27,29H,3-5,9,11H2,1-2H3,(H2,40,42)/t2*29-,30-,32+;26-,27-,29+/m000/s1. The average molecular weight is 2100 g/mol. The normalized spacial score (nSPS) is 19.2. The molecule has 3 amide bonds. The van der Waals surface area contributed by atoms with Crippen molar-refractivity contribution >= 4 is 30.3 Å². The number of hydrogen-bond acceptors (Lipinski definition) is 19. The van der Waals surface area contributed by atoms with Gasteiger partial charge in [0.2, 0.25) is 17.7 Å². The average Bonchev–Trinajstić information content (AvgIpc) is 1.59. The lowest BCUT2D eigenvalue weighted by molar-refractivity contribution is -0.143. The van der Waals surface area contributed by atoms with Gasteiger partial charge < -0.3 is 48.4 Å². The molecule has 3 aromatic heterocycles. The Balaban J connectivity index is 0.000000147. The molecule has 0 saturated carbocycles. The SMILES string of the molecule is COc1cc(F)c(-c2ccc(-c3n[nH]c(=O)o3)cc2C)cc1-c1ccc(C(F)(F)F)cc1[C@@H]1CC[C@H]2[C@@H](c3cc(C)cc(C(F)(F)F)c3)OC(=O)N12.COc1cc(F)c(-c2ccc(-c3nnc(N)o3)cc2C)cc1-c1ccc(C(F)(F)F)cc1[C@@H]1CC[C@H]2[C@@H](c3cc(C)cc(C(F)(F)F)c3)OC(=O)N12.Cc1ccc(-c2cc(CCc3nnc(N)o3)ccc2C)c([C@@H]2CCC[C@H]3[C@@H](c4cc(C(F)(F)F)cc(C(F)(F)F)c4)OC(=O)N23)c1. The first kappa shape index (κ1) is 104. The second-order valence-corrected chi connectivity index (χ2v) is 37.4. The highest BCUT2D eigenvalue weighted by Crippen LogP contribution is 2.57. The van der Waals surface area contributed by atoms with Crippen molar-refractivity contribution in [2.45, 2.75) is 191 Å². The molecule has 6 aliphatic rings. The van der Waals surface area contributed by atoms with Crippen LogP contribution in [0.1, 0.15) is 193 Å². The highest BCUT2D eigenvalue weighted by molar-refractivity contribution is 5.86. The molecule has 20 rings (SSSR count). The number of ether oxygens (including phenoxy) is 5. The van der Waals surface area contributed by atoms with Gasteiger partial charge in [-0.2, -0.15) is 79.0 Å². The second kappa shape index (κ2) is 39.7. The number of nitrogens with zero attached hydrogens (tertiary/aromatic N) is 8. The molecule has 0 bridgehead atoms. The molecule has 6 fully saturated rings. The van der Waals surface area contributed by atoms with E-state index in [1.807, 2.05) is 44.2 Å². The molecule has 0 radical (unpaired) electrons. The number of anilines is 2. The van der Waals surface area contributed by atoms with Crippen LogP contribution in [-0.4, -0.2) is 95.9 Å². The van der Waals surface area contributed by atoms with Gasteiger partial charge in [-0.1, -0.05) is 99.7 Å². The Morgan fingerprint density at radius 2 is 0.753 bits per heavy atom. The third kappa shape index (κ3) is 20.9. The number of nitrogens with two attached hydrogens (primary N) is 2. The van der Waals surface area contributed by atoms with Gasteiger partial charge in [-0.05, 0) is 285 Å². The third-order valence-electron chi connectivity index (χ3n) is 27.7. The molecular formula is C107H87F20N11O12. The zero-order valence-corrected chi connectivity index (χ0v) is 80.1. The van der Waals surface area contributed by atoms with E-state index in [9.17, 15) is 98.2 Å². The zero-order valence-electron chi connectivity index (χ0n) is 80.1. The quantitative estimate of drug-likeness (QED) is 0.0531. The number of carbonyl (C=O) groups is 3. The maximum Gasteiger partial charge on any atom is 0.434 e. The summed E-state index contributed by atoms with van der Waals surface area (Å²) in [6, 6.07) is 36.2. The largest absolute Gasteiger partial charge is 0.496 e. The number of benzene rings is 11. The number of halogens is 20. The summed E-state index contributed by atoms with van der Waals surface area (Å²) in [5.74, 6) is -1.51. The van der Waals surface area contributed by atoms with Gasteiger partial charge in [0.25, 0.3) is 0 Å². The number of amides is 3. The van der Waals surface area contributed by atoms with Crippen LogP contribution in [-0.2, 0) is 64.1 Å². The zero-order chi connectivity index (χ0) is 108. The number of methoxy groups -OCH3 is 2. The van der Waals surface area contributed by atoms with E-state index >= 15 is 8.78 Å². The lowest BCUT2D eigenvalue weighted by Gasteiger charge is -2.38. The number of nitrogen functional groups attached to an aromatic ring is 2. The van der Waals surface area contributed by atoms with Crippen LogP contribution >= 0.6 is 0 Å². The van der Waals surface area contributed by atoms with Crippen molar-refractivity contribution in [2.75, 3.05) is 25.7 Å². The van der Waals surface area contributed by atoms with E-state index in [-0.39, 0.29) is 128 Å². The van der Waals surface area contributed by atoms with Gasteiger partial charge >= 0.3 is 73.1 Å². The van der Waals surface area contributed by atoms with Gasteiger partial charge in [0.1, 0.15) is 41.4 Å². The lowest BCUT2D eigenvalue weighted by Crippen LogP contribution is -2.41. The molecule has 6 saturated heterocycles. The highest BCUT2D eigenvalue weighted by atomic mass is 19.4. The topological polar surface area (TPSA) is 296 Å². The number of aryl methyl sites for hydroxylation is 8. The Bertz CT molecular complexity index is 7650. The van der Waals surface area contributed by atoms with Crippen LogP contribution in [0.25, 0.3) is 78.5 Å². The number of piperidine rings is 1. The van der Waals surface area contributed by atoms with E-state index in [4.69, 9.17) is 48.4 Å². The van der Waals surface area contributed by atoms with Crippen molar-refractivity contribution in [1.82, 2.24) is 45.3 Å². The summed E-state index contributed by atoms with van der Waals surface area (Å²) in [6.07, 6.45) is -31.5.